The highest BCUT2D eigenvalue weighted by molar-refractivity contribution is 6.03. The van der Waals surface area contributed by atoms with Crippen LogP contribution < -0.4 is 5.32 Å². The number of hydrogen-bond donors (Lipinski definition) is 2. The first-order valence-corrected chi connectivity index (χ1v) is 6.49. The highest BCUT2D eigenvalue weighted by Crippen LogP contribution is 2.09. The van der Waals surface area contributed by atoms with E-state index < -0.39 is 0 Å². The average molecular weight is 281 g/mol. The summed E-state index contributed by atoms with van der Waals surface area (Å²) in [6.07, 6.45) is 3.56. The molecule has 21 heavy (non-hydrogen) atoms. The lowest BCUT2D eigenvalue weighted by atomic mass is 10.2. The van der Waals surface area contributed by atoms with Crippen LogP contribution in [-0.4, -0.2) is 27.6 Å². The highest BCUT2D eigenvalue weighted by Gasteiger charge is 2.10. The Hall–Kier alpha value is -2.71. The van der Waals surface area contributed by atoms with Crippen LogP contribution >= 0.6 is 0 Å². The van der Waals surface area contributed by atoms with Crippen molar-refractivity contribution in [2.45, 2.75) is 13.3 Å². The Labute approximate surface area is 123 Å². The molecule has 0 spiro atoms. The molecule has 0 fully saturated rings. The number of anilines is 1. The van der Waals surface area contributed by atoms with E-state index in [0.29, 0.717) is 17.9 Å². The SMILES string of the molecule is Cc1cccnc1C(=O)Nc1cc(C#CCCO)ccn1. The normalized spacial score (nSPS) is 9.62. The number of amides is 1. The zero-order valence-corrected chi connectivity index (χ0v) is 11.6. The van der Waals surface area contributed by atoms with E-state index in [-0.39, 0.29) is 12.5 Å². The summed E-state index contributed by atoms with van der Waals surface area (Å²) < 4.78 is 0. The van der Waals surface area contributed by atoms with Gasteiger partial charge in [-0.05, 0) is 30.7 Å². The van der Waals surface area contributed by atoms with Crippen LogP contribution in [0.4, 0.5) is 5.82 Å². The molecule has 5 heteroatoms. The number of aliphatic hydroxyl groups is 1. The molecule has 2 rings (SSSR count). The lowest BCUT2D eigenvalue weighted by Gasteiger charge is -2.06. The van der Waals surface area contributed by atoms with Crippen LogP contribution in [-0.2, 0) is 0 Å². The van der Waals surface area contributed by atoms with E-state index in [2.05, 4.69) is 27.1 Å². The molecule has 0 bridgehead atoms. The minimum atomic E-state index is -0.305. The molecule has 0 saturated carbocycles. The molecular weight excluding hydrogens is 266 g/mol. The number of aromatic nitrogens is 2. The minimum absolute atomic E-state index is 0.0284. The number of rotatable bonds is 3. The van der Waals surface area contributed by atoms with E-state index >= 15 is 0 Å². The van der Waals surface area contributed by atoms with Crippen molar-refractivity contribution in [2.24, 2.45) is 0 Å². The van der Waals surface area contributed by atoms with Crippen LogP contribution in [0.3, 0.4) is 0 Å². The predicted octanol–water partition coefficient (Wildman–Crippen LogP) is 1.77. The van der Waals surface area contributed by atoms with Gasteiger partial charge in [-0.25, -0.2) is 4.98 Å². The first-order chi connectivity index (χ1) is 10.2. The van der Waals surface area contributed by atoms with Gasteiger partial charge in [-0.3, -0.25) is 9.78 Å². The molecule has 0 atom stereocenters. The smallest absolute Gasteiger partial charge is 0.275 e. The second kappa shape index (κ2) is 7.17. The van der Waals surface area contributed by atoms with E-state index in [0.717, 1.165) is 11.1 Å². The van der Waals surface area contributed by atoms with E-state index in [1.807, 2.05) is 13.0 Å². The number of aryl methyl sites for hydroxylation is 1. The van der Waals surface area contributed by atoms with Crippen LogP contribution in [0.25, 0.3) is 0 Å². The third-order valence-corrected chi connectivity index (χ3v) is 2.70. The van der Waals surface area contributed by atoms with Gasteiger partial charge in [-0.15, -0.1) is 0 Å². The number of carbonyl (C=O) groups is 1. The van der Waals surface area contributed by atoms with Crippen LogP contribution in [0.5, 0.6) is 0 Å². The Morgan fingerprint density at radius 2 is 2.19 bits per heavy atom. The Bertz CT molecular complexity index is 702. The van der Waals surface area contributed by atoms with Crippen molar-refractivity contribution in [3.8, 4) is 11.8 Å². The quantitative estimate of drug-likeness (QED) is 0.841. The van der Waals surface area contributed by atoms with Crippen molar-refractivity contribution in [1.82, 2.24) is 9.97 Å². The lowest BCUT2D eigenvalue weighted by Crippen LogP contribution is -2.15. The molecule has 0 radical (unpaired) electrons. The van der Waals surface area contributed by atoms with Crippen LogP contribution in [0.15, 0.2) is 36.7 Å². The molecule has 2 N–H and O–H groups in total. The second-order valence-electron chi connectivity index (χ2n) is 4.33. The summed E-state index contributed by atoms with van der Waals surface area (Å²) in [6.45, 7) is 1.85. The van der Waals surface area contributed by atoms with Gasteiger partial charge >= 0.3 is 0 Å². The molecule has 1 amide bonds. The molecule has 2 heterocycles. The molecule has 0 aliphatic carbocycles. The second-order valence-corrected chi connectivity index (χ2v) is 4.33. The average Bonchev–Trinajstić information content (AvgIpc) is 2.48. The standard InChI is InChI=1S/C16H15N3O2/c1-12-5-4-8-18-15(12)16(21)19-14-11-13(7-9-17-14)6-2-3-10-20/h4-5,7-9,11,20H,3,10H2,1H3,(H,17,19,21). The van der Waals surface area contributed by atoms with Crippen molar-refractivity contribution in [3.63, 3.8) is 0 Å². The molecule has 2 aromatic rings. The van der Waals surface area contributed by atoms with Crippen molar-refractivity contribution >= 4 is 11.7 Å². The maximum absolute atomic E-state index is 12.1. The highest BCUT2D eigenvalue weighted by atomic mass is 16.2. The molecule has 0 aromatic carbocycles. The Morgan fingerprint density at radius 3 is 2.95 bits per heavy atom. The summed E-state index contributed by atoms with van der Waals surface area (Å²) in [4.78, 5) is 20.3. The van der Waals surface area contributed by atoms with Gasteiger partial charge in [0.2, 0.25) is 0 Å². The summed E-state index contributed by atoms with van der Waals surface area (Å²) in [6, 6.07) is 7.03. The molecule has 106 valence electrons. The summed E-state index contributed by atoms with van der Waals surface area (Å²) in [7, 11) is 0. The summed E-state index contributed by atoms with van der Waals surface area (Å²) in [5.41, 5.74) is 1.90. The molecule has 0 unspecified atom stereocenters. The fourth-order valence-electron chi connectivity index (χ4n) is 1.70. The van der Waals surface area contributed by atoms with Crippen molar-refractivity contribution in [1.29, 1.82) is 0 Å². The largest absolute Gasteiger partial charge is 0.395 e. The third kappa shape index (κ3) is 4.13. The van der Waals surface area contributed by atoms with E-state index in [1.165, 1.54) is 0 Å². The van der Waals surface area contributed by atoms with Crippen LogP contribution in [0, 0.1) is 18.8 Å². The molecule has 0 saturated heterocycles. The van der Waals surface area contributed by atoms with Crippen molar-refractivity contribution in [2.75, 3.05) is 11.9 Å². The Kier molecular flexibility index (Phi) is 5.02. The van der Waals surface area contributed by atoms with Crippen LogP contribution in [0.1, 0.15) is 28.0 Å². The third-order valence-electron chi connectivity index (χ3n) is 2.70. The minimum Gasteiger partial charge on any atom is -0.395 e. The molecule has 2 aromatic heterocycles. The lowest BCUT2D eigenvalue weighted by molar-refractivity contribution is 0.102. The van der Waals surface area contributed by atoms with E-state index in [9.17, 15) is 4.79 Å². The molecule has 0 aliphatic heterocycles. The number of nitrogens with zero attached hydrogens (tertiary/aromatic N) is 2. The Balaban J connectivity index is 2.14. The number of carbonyl (C=O) groups excluding carboxylic acids is 1. The predicted molar refractivity (Wildman–Crippen MR) is 79.7 cm³/mol. The van der Waals surface area contributed by atoms with E-state index in [1.54, 1.807) is 30.6 Å². The van der Waals surface area contributed by atoms with Gasteiger partial charge in [0.25, 0.3) is 5.91 Å². The maximum atomic E-state index is 12.1. The number of aliphatic hydroxyl groups excluding tert-OH is 1. The van der Waals surface area contributed by atoms with E-state index in [4.69, 9.17) is 5.11 Å². The summed E-state index contributed by atoms with van der Waals surface area (Å²) in [5, 5.41) is 11.4. The van der Waals surface area contributed by atoms with Gasteiger partial charge in [0.15, 0.2) is 0 Å². The van der Waals surface area contributed by atoms with Gasteiger partial charge in [0.05, 0.1) is 6.61 Å². The number of nitrogens with one attached hydrogen (secondary N) is 1. The van der Waals surface area contributed by atoms with Crippen LogP contribution in [0.2, 0.25) is 0 Å². The molecule has 5 nitrogen and oxygen atoms in total. The number of hydrogen-bond acceptors (Lipinski definition) is 4. The van der Waals surface area contributed by atoms with Gasteiger partial charge in [-0.1, -0.05) is 17.9 Å². The zero-order valence-electron chi connectivity index (χ0n) is 11.6. The molecular formula is C16H15N3O2. The van der Waals surface area contributed by atoms with Crippen molar-refractivity contribution < 1.29 is 9.90 Å². The fourth-order valence-corrected chi connectivity index (χ4v) is 1.70. The van der Waals surface area contributed by atoms with Gasteiger partial charge < -0.3 is 10.4 Å². The van der Waals surface area contributed by atoms with Crippen molar-refractivity contribution in [3.05, 3.63) is 53.5 Å². The topological polar surface area (TPSA) is 75.1 Å². The molecule has 0 aliphatic rings. The number of pyridine rings is 2. The van der Waals surface area contributed by atoms with Gasteiger partial charge in [0.1, 0.15) is 11.5 Å². The first kappa shape index (κ1) is 14.7. The Morgan fingerprint density at radius 1 is 1.33 bits per heavy atom. The monoisotopic (exact) mass is 281 g/mol. The zero-order chi connectivity index (χ0) is 15.1. The summed E-state index contributed by atoms with van der Waals surface area (Å²) in [5.74, 6) is 5.83. The van der Waals surface area contributed by atoms with Gasteiger partial charge in [0, 0.05) is 24.4 Å². The van der Waals surface area contributed by atoms with Gasteiger partial charge in [-0.2, -0.15) is 0 Å². The fraction of sp³-hybridized carbons (Fsp3) is 0.188. The first-order valence-electron chi connectivity index (χ1n) is 6.49. The maximum Gasteiger partial charge on any atom is 0.275 e. The summed E-state index contributed by atoms with van der Waals surface area (Å²) >= 11 is 0.